The van der Waals surface area contributed by atoms with Crippen LogP contribution in [0.5, 0.6) is 11.5 Å². The van der Waals surface area contributed by atoms with Crippen molar-refractivity contribution in [2.45, 2.75) is 0 Å². The number of halogens is 2. The lowest BCUT2D eigenvalue weighted by Crippen LogP contribution is -2.27. The Morgan fingerprint density at radius 3 is 2.68 bits per heavy atom. The molecule has 28 heavy (non-hydrogen) atoms. The molecule has 1 heterocycles. The summed E-state index contributed by atoms with van der Waals surface area (Å²) in [5, 5.41) is 23.5. The summed E-state index contributed by atoms with van der Waals surface area (Å²) in [6.07, 6.45) is 1.43. The fourth-order valence-corrected chi connectivity index (χ4v) is 4.17. The van der Waals surface area contributed by atoms with Gasteiger partial charge in [-0.25, -0.2) is 0 Å². The zero-order valence-corrected chi connectivity index (χ0v) is 17.9. The number of anilines is 1. The maximum atomic E-state index is 12.8. The Hall–Kier alpha value is -2.14. The van der Waals surface area contributed by atoms with E-state index in [0.717, 1.165) is 17.8 Å². The number of hydrogen-bond donors (Lipinski definition) is 0. The first-order valence-corrected chi connectivity index (χ1v) is 9.89. The van der Waals surface area contributed by atoms with Crippen molar-refractivity contribution in [3.8, 4) is 11.5 Å². The molecule has 0 aromatic heterocycles. The van der Waals surface area contributed by atoms with E-state index in [1.165, 1.54) is 24.2 Å². The Labute approximate surface area is 182 Å². The van der Waals surface area contributed by atoms with Crippen LogP contribution in [0.1, 0.15) is 5.56 Å². The maximum absolute atomic E-state index is 12.8. The van der Waals surface area contributed by atoms with E-state index in [1.54, 1.807) is 18.2 Å². The third kappa shape index (κ3) is 3.86. The van der Waals surface area contributed by atoms with Crippen LogP contribution >= 0.6 is 51.5 Å². The highest BCUT2D eigenvalue weighted by molar-refractivity contribution is 9.10. The molecule has 1 aliphatic rings. The SMILES string of the molecule is COc1cc(/C=C2/SC(=S)N(c3ccc(Br)c(Cl)c3)C2=O)cc([N+](=O)[O-])c1[O-]. The lowest BCUT2D eigenvalue weighted by atomic mass is 10.1. The standard InChI is InChI=1S/C17H10BrClN2O5S2/c1-26-13-5-8(4-12(15(13)22)21(24)25)6-14-16(23)20(17(27)28-14)9-2-3-10(18)11(19)7-9/h2-7,22H,1H3/p-1/b14-6+. The first kappa shape index (κ1) is 20.6. The average molecular weight is 501 g/mol. The van der Waals surface area contributed by atoms with Crippen LogP contribution in [-0.2, 0) is 4.79 Å². The van der Waals surface area contributed by atoms with Crippen LogP contribution in [0.4, 0.5) is 11.4 Å². The minimum Gasteiger partial charge on any atom is -0.865 e. The van der Waals surface area contributed by atoms with Gasteiger partial charge in [-0.3, -0.25) is 19.8 Å². The van der Waals surface area contributed by atoms with Crippen molar-refractivity contribution >= 4 is 79.2 Å². The number of thioether (sulfide) groups is 1. The largest absolute Gasteiger partial charge is 0.865 e. The summed E-state index contributed by atoms with van der Waals surface area (Å²) in [7, 11) is 1.24. The van der Waals surface area contributed by atoms with Crippen molar-refractivity contribution in [3.05, 3.63) is 60.4 Å². The second kappa shape index (κ2) is 8.08. The van der Waals surface area contributed by atoms with Gasteiger partial charge in [0.1, 0.15) is 5.75 Å². The molecule has 11 heteroatoms. The second-order valence-corrected chi connectivity index (χ2v) is 8.38. The van der Waals surface area contributed by atoms with Crippen LogP contribution < -0.4 is 14.7 Å². The number of rotatable bonds is 4. The molecule has 0 unspecified atom stereocenters. The van der Waals surface area contributed by atoms with Gasteiger partial charge in [0.25, 0.3) is 11.6 Å². The van der Waals surface area contributed by atoms with E-state index in [-0.39, 0.29) is 20.5 Å². The molecular formula is C17H9BrClN2O5S2-. The molecule has 0 N–H and O–H groups in total. The third-order valence-corrected chi connectivity index (χ3v) is 6.26. The molecule has 1 fully saturated rings. The molecule has 3 rings (SSSR count). The number of amides is 1. The van der Waals surface area contributed by atoms with Gasteiger partial charge in [-0.1, -0.05) is 35.6 Å². The highest BCUT2D eigenvalue weighted by atomic mass is 79.9. The van der Waals surface area contributed by atoms with Crippen LogP contribution in [0.2, 0.25) is 5.02 Å². The van der Waals surface area contributed by atoms with Gasteiger partial charge in [-0.05, 0) is 51.8 Å². The molecule has 1 amide bonds. The van der Waals surface area contributed by atoms with Crippen molar-refractivity contribution < 1.29 is 19.6 Å². The topological polar surface area (TPSA) is 95.7 Å². The second-order valence-electron chi connectivity index (χ2n) is 5.44. The van der Waals surface area contributed by atoms with E-state index < -0.39 is 22.3 Å². The fraction of sp³-hybridized carbons (Fsp3) is 0.0588. The van der Waals surface area contributed by atoms with E-state index in [2.05, 4.69) is 15.9 Å². The van der Waals surface area contributed by atoms with E-state index in [9.17, 15) is 20.0 Å². The number of carbonyl (C=O) groups is 1. The van der Waals surface area contributed by atoms with Crippen LogP contribution in [0.3, 0.4) is 0 Å². The van der Waals surface area contributed by atoms with Crippen molar-refractivity contribution in [2.75, 3.05) is 12.0 Å². The molecule has 0 aliphatic carbocycles. The zero-order chi connectivity index (χ0) is 20.6. The van der Waals surface area contributed by atoms with Gasteiger partial charge < -0.3 is 9.84 Å². The summed E-state index contributed by atoms with van der Waals surface area (Å²) >= 11 is 15.7. The normalized spacial score (nSPS) is 15.4. The van der Waals surface area contributed by atoms with Crippen LogP contribution in [0.15, 0.2) is 39.7 Å². The molecule has 0 atom stereocenters. The minimum atomic E-state index is -0.832. The first-order valence-electron chi connectivity index (χ1n) is 7.49. The summed E-state index contributed by atoms with van der Waals surface area (Å²) < 4.78 is 5.88. The minimum absolute atomic E-state index is 0.185. The lowest BCUT2D eigenvalue weighted by Gasteiger charge is -2.15. The number of benzene rings is 2. The molecule has 0 spiro atoms. The number of nitrogens with zero attached hydrogens (tertiary/aromatic N) is 2. The number of methoxy groups -OCH3 is 1. The Morgan fingerprint density at radius 2 is 2.07 bits per heavy atom. The van der Waals surface area contributed by atoms with Gasteiger partial charge in [0.05, 0.1) is 27.6 Å². The molecule has 0 saturated carbocycles. The predicted molar refractivity (Wildman–Crippen MR) is 114 cm³/mol. The molecular weight excluding hydrogens is 492 g/mol. The molecule has 2 aromatic rings. The maximum Gasteiger partial charge on any atom is 0.270 e. The van der Waals surface area contributed by atoms with Crippen LogP contribution in [-0.4, -0.2) is 22.3 Å². The Bertz CT molecular complexity index is 1060. The van der Waals surface area contributed by atoms with Crippen molar-refractivity contribution in [1.29, 1.82) is 0 Å². The number of ether oxygens (including phenoxy) is 1. The Kier molecular flexibility index (Phi) is 5.94. The van der Waals surface area contributed by atoms with Crippen molar-refractivity contribution in [3.63, 3.8) is 0 Å². The van der Waals surface area contributed by atoms with Crippen LogP contribution in [0.25, 0.3) is 6.08 Å². The first-order chi connectivity index (χ1) is 13.2. The van der Waals surface area contributed by atoms with E-state index >= 15 is 0 Å². The average Bonchev–Trinajstić information content (AvgIpc) is 2.92. The summed E-state index contributed by atoms with van der Waals surface area (Å²) in [6.45, 7) is 0. The van der Waals surface area contributed by atoms with Gasteiger partial charge in [-0.2, -0.15) is 0 Å². The number of nitro benzene ring substituents is 1. The Balaban J connectivity index is 2.01. The smallest absolute Gasteiger partial charge is 0.270 e. The highest BCUT2D eigenvalue weighted by Crippen LogP contribution is 2.40. The number of hydrogen-bond acceptors (Lipinski definition) is 7. The monoisotopic (exact) mass is 499 g/mol. The van der Waals surface area contributed by atoms with Gasteiger partial charge in [0.2, 0.25) is 0 Å². The van der Waals surface area contributed by atoms with Gasteiger partial charge in [0.15, 0.2) is 4.32 Å². The molecule has 1 saturated heterocycles. The Morgan fingerprint density at radius 1 is 1.36 bits per heavy atom. The summed E-state index contributed by atoms with van der Waals surface area (Å²) in [5.74, 6) is -1.42. The molecule has 1 aliphatic heterocycles. The number of nitro groups is 1. The lowest BCUT2D eigenvalue weighted by molar-refractivity contribution is -0.398. The van der Waals surface area contributed by atoms with E-state index in [0.29, 0.717) is 15.2 Å². The molecule has 7 nitrogen and oxygen atoms in total. The fourth-order valence-electron chi connectivity index (χ4n) is 2.44. The molecule has 144 valence electrons. The van der Waals surface area contributed by atoms with Gasteiger partial charge >= 0.3 is 0 Å². The van der Waals surface area contributed by atoms with Crippen LogP contribution in [0, 0.1) is 10.1 Å². The van der Waals surface area contributed by atoms with Gasteiger partial charge in [0, 0.05) is 16.3 Å². The number of thiocarbonyl (C=S) groups is 1. The third-order valence-electron chi connectivity index (χ3n) is 3.73. The predicted octanol–water partition coefficient (Wildman–Crippen LogP) is 4.50. The number of carbonyl (C=O) groups excluding carboxylic acids is 1. The highest BCUT2D eigenvalue weighted by Gasteiger charge is 2.33. The van der Waals surface area contributed by atoms with E-state index in [1.807, 2.05) is 0 Å². The quantitative estimate of drug-likeness (QED) is 0.264. The van der Waals surface area contributed by atoms with E-state index in [4.69, 9.17) is 28.6 Å². The molecule has 0 radical (unpaired) electrons. The van der Waals surface area contributed by atoms with Crippen molar-refractivity contribution in [2.24, 2.45) is 0 Å². The summed E-state index contributed by atoms with van der Waals surface area (Å²) in [5.41, 5.74) is 0.135. The summed E-state index contributed by atoms with van der Waals surface area (Å²) in [4.78, 5) is 24.7. The van der Waals surface area contributed by atoms with Crippen molar-refractivity contribution in [1.82, 2.24) is 0 Å². The zero-order valence-electron chi connectivity index (χ0n) is 14.0. The molecule has 2 aromatic carbocycles. The van der Waals surface area contributed by atoms with Gasteiger partial charge in [-0.15, -0.1) is 0 Å². The summed E-state index contributed by atoms with van der Waals surface area (Å²) in [6, 6.07) is 7.40. The molecule has 0 bridgehead atoms.